The van der Waals surface area contributed by atoms with Gasteiger partial charge in [-0.3, -0.25) is 0 Å². The highest BCUT2D eigenvalue weighted by atomic mass is 16.3. The topological polar surface area (TPSA) is 87.9 Å². The Morgan fingerprint density at radius 1 is 1.00 bits per heavy atom. The molecule has 30 heavy (non-hydrogen) atoms. The first-order valence-corrected chi connectivity index (χ1v) is 9.99. The predicted molar refractivity (Wildman–Crippen MR) is 116 cm³/mol. The zero-order valence-corrected chi connectivity index (χ0v) is 16.4. The summed E-state index contributed by atoms with van der Waals surface area (Å²) in [4.78, 5) is 13.5. The second-order valence-corrected chi connectivity index (χ2v) is 7.16. The molecule has 0 unspecified atom stereocenters. The van der Waals surface area contributed by atoms with E-state index in [0.717, 1.165) is 60.1 Å². The molecule has 3 N–H and O–H groups in total. The Morgan fingerprint density at radius 2 is 1.87 bits per heavy atom. The molecule has 1 aliphatic rings. The number of hydrogen-bond donors (Lipinski definition) is 3. The lowest BCUT2D eigenvalue weighted by Crippen LogP contribution is -2.26. The van der Waals surface area contributed by atoms with Crippen molar-refractivity contribution in [1.29, 1.82) is 0 Å². The van der Waals surface area contributed by atoms with Gasteiger partial charge >= 0.3 is 0 Å². The number of aromatic nitrogens is 3. The molecule has 0 bridgehead atoms. The maximum Gasteiger partial charge on any atom is 0.229 e. The Labute approximate surface area is 174 Å². The molecule has 0 spiro atoms. The molecule has 5 rings (SSSR count). The number of nitrogens with zero attached hydrogens (tertiary/aromatic N) is 3. The second-order valence-electron chi connectivity index (χ2n) is 7.16. The number of nitrogens with one attached hydrogen (secondary N) is 3. The zero-order valence-electron chi connectivity index (χ0n) is 16.4. The maximum atomic E-state index is 5.35. The van der Waals surface area contributed by atoms with Gasteiger partial charge in [-0.25, -0.2) is 9.97 Å². The molecule has 150 valence electrons. The van der Waals surface area contributed by atoms with E-state index in [1.807, 2.05) is 42.5 Å². The number of fused-ring (bicyclic) bond motifs is 1. The van der Waals surface area contributed by atoms with Crippen molar-refractivity contribution in [3.05, 3.63) is 84.0 Å². The molecule has 0 saturated heterocycles. The van der Waals surface area contributed by atoms with E-state index in [2.05, 4.69) is 33.1 Å². The van der Waals surface area contributed by atoms with E-state index in [1.165, 1.54) is 12.0 Å². The van der Waals surface area contributed by atoms with Gasteiger partial charge in [0.15, 0.2) is 12.2 Å². The first kappa shape index (κ1) is 18.3. The van der Waals surface area contributed by atoms with Gasteiger partial charge in [0.1, 0.15) is 5.82 Å². The number of benzene rings is 2. The number of hydrogen-bond acceptors (Lipinski definition) is 7. The number of rotatable bonds is 6. The summed E-state index contributed by atoms with van der Waals surface area (Å²) in [6.07, 6.45) is 4.02. The summed E-state index contributed by atoms with van der Waals surface area (Å²) in [5.74, 6) is 2.21. The average molecular weight is 398 g/mol. The minimum absolute atomic E-state index is 0.596. The highest BCUT2D eigenvalue weighted by Crippen LogP contribution is 2.25. The van der Waals surface area contributed by atoms with Gasteiger partial charge < -0.3 is 20.4 Å². The van der Waals surface area contributed by atoms with Crippen LogP contribution in [0.15, 0.2) is 71.6 Å². The van der Waals surface area contributed by atoms with Crippen LogP contribution >= 0.6 is 0 Å². The minimum atomic E-state index is 0.596. The molecule has 1 aliphatic heterocycles. The molecular formula is C23H22N6O. The summed E-state index contributed by atoms with van der Waals surface area (Å²) in [6.45, 7) is 2.42. The van der Waals surface area contributed by atoms with Crippen LogP contribution < -0.4 is 16.0 Å². The summed E-state index contributed by atoms with van der Waals surface area (Å²) in [5.41, 5.74) is 5.33. The van der Waals surface area contributed by atoms with Crippen molar-refractivity contribution in [2.75, 3.05) is 17.2 Å². The Morgan fingerprint density at radius 3 is 2.67 bits per heavy atom. The van der Waals surface area contributed by atoms with Gasteiger partial charge in [-0.1, -0.05) is 30.3 Å². The van der Waals surface area contributed by atoms with Crippen LogP contribution in [0.2, 0.25) is 0 Å². The molecule has 0 amide bonds. The SMILES string of the molecule is c1ccc(CNc2nc(Nc3ccc(-c4cnco4)cc3)nc3c2CNCC3)cc1. The summed E-state index contributed by atoms with van der Waals surface area (Å²) in [5, 5.41) is 10.2. The van der Waals surface area contributed by atoms with Gasteiger partial charge in [0.25, 0.3) is 0 Å². The minimum Gasteiger partial charge on any atom is -0.444 e. The lowest BCUT2D eigenvalue weighted by molar-refractivity contribution is 0.572. The van der Waals surface area contributed by atoms with Gasteiger partial charge in [-0.05, 0) is 29.8 Å². The van der Waals surface area contributed by atoms with Gasteiger partial charge in [0.2, 0.25) is 5.95 Å². The van der Waals surface area contributed by atoms with Crippen LogP contribution in [-0.2, 0) is 19.5 Å². The summed E-state index contributed by atoms with van der Waals surface area (Å²) in [7, 11) is 0. The second kappa shape index (κ2) is 8.34. The third-order valence-electron chi connectivity index (χ3n) is 5.09. The summed E-state index contributed by atoms with van der Waals surface area (Å²) >= 11 is 0. The fourth-order valence-electron chi connectivity index (χ4n) is 3.53. The van der Waals surface area contributed by atoms with E-state index in [1.54, 1.807) is 6.20 Å². The van der Waals surface area contributed by atoms with Crippen molar-refractivity contribution >= 4 is 17.5 Å². The van der Waals surface area contributed by atoms with Crippen molar-refractivity contribution < 1.29 is 4.42 Å². The van der Waals surface area contributed by atoms with Crippen molar-refractivity contribution in [2.24, 2.45) is 0 Å². The molecule has 0 radical (unpaired) electrons. The van der Waals surface area contributed by atoms with E-state index in [-0.39, 0.29) is 0 Å². The Hall–Kier alpha value is -3.71. The highest BCUT2D eigenvalue weighted by molar-refractivity contribution is 5.64. The number of anilines is 3. The zero-order chi connectivity index (χ0) is 20.2. The van der Waals surface area contributed by atoms with Gasteiger partial charge in [-0.15, -0.1) is 0 Å². The molecule has 0 aliphatic carbocycles. The van der Waals surface area contributed by atoms with Crippen LogP contribution in [0.4, 0.5) is 17.5 Å². The summed E-state index contributed by atoms with van der Waals surface area (Å²) in [6, 6.07) is 18.3. The molecule has 7 nitrogen and oxygen atoms in total. The van der Waals surface area contributed by atoms with E-state index in [4.69, 9.17) is 14.4 Å². The molecule has 7 heteroatoms. The molecule has 0 saturated carbocycles. The molecule has 0 atom stereocenters. The fraction of sp³-hybridized carbons (Fsp3) is 0.174. The normalized spacial score (nSPS) is 12.9. The average Bonchev–Trinajstić information content (AvgIpc) is 3.34. The standard InChI is InChI=1S/C23H22N6O/c1-2-4-16(5-3-1)12-26-22-19-13-24-11-10-20(19)28-23(29-22)27-18-8-6-17(7-9-18)21-14-25-15-30-21/h1-9,14-15,24H,10-13H2,(H2,26,27,28,29). The molecule has 0 fully saturated rings. The van der Waals surface area contributed by atoms with Gasteiger partial charge in [-0.2, -0.15) is 4.98 Å². The van der Waals surface area contributed by atoms with Crippen LogP contribution in [0.3, 0.4) is 0 Å². The van der Waals surface area contributed by atoms with Crippen molar-refractivity contribution in [3.8, 4) is 11.3 Å². The molecule has 2 aromatic heterocycles. The maximum absolute atomic E-state index is 5.35. The Bertz CT molecular complexity index is 1110. The predicted octanol–water partition coefficient (Wildman–Crippen LogP) is 4.13. The monoisotopic (exact) mass is 398 g/mol. The third-order valence-corrected chi connectivity index (χ3v) is 5.09. The third kappa shape index (κ3) is 4.01. The first-order chi connectivity index (χ1) is 14.8. The van der Waals surface area contributed by atoms with E-state index < -0.39 is 0 Å². The van der Waals surface area contributed by atoms with E-state index in [9.17, 15) is 0 Å². The molecule has 3 heterocycles. The first-order valence-electron chi connectivity index (χ1n) is 9.99. The molecular weight excluding hydrogens is 376 g/mol. The number of oxazole rings is 1. The van der Waals surface area contributed by atoms with Crippen LogP contribution in [0.5, 0.6) is 0 Å². The lowest BCUT2D eigenvalue weighted by Gasteiger charge is -2.21. The quantitative estimate of drug-likeness (QED) is 0.450. The van der Waals surface area contributed by atoms with E-state index in [0.29, 0.717) is 5.95 Å². The Kier molecular flexibility index (Phi) is 5.10. The van der Waals surface area contributed by atoms with Crippen LogP contribution in [0.1, 0.15) is 16.8 Å². The van der Waals surface area contributed by atoms with Crippen molar-refractivity contribution in [3.63, 3.8) is 0 Å². The summed E-state index contributed by atoms with van der Waals surface area (Å²) < 4.78 is 5.35. The largest absolute Gasteiger partial charge is 0.444 e. The highest BCUT2D eigenvalue weighted by Gasteiger charge is 2.17. The fourth-order valence-corrected chi connectivity index (χ4v) is 3.53. The molecule has 2 aromatic carbocycles. The van der Waals surface area contributed by atoms with Crippen molar-refractivity contribution in [2.45, 2.75) is 19.5 Å². The molecule has 4 aromatic rings. The van der Waals surface area contributed by atoms with Crippen LogP contribution in [0, 0.1) is 0 Å². The van der Waals surface area contributed by atoms with Crippen LogP contribution in [-0.4, -0.2) is 21.5 Å². The van der Waals surface area contributed by atoms with Crippen LogP contribution in [0.25, 0.3) is 11.3 Å². The lowest BCUT2D eigenvalue weighted by atomic mass is 10.1. The van der Waals surface area contributed by atoms with Gasteiger partial charge in [0, 0.05) is 42.9 Å². The Balaban J connectivity index is 1.38. The smallest absolute Gasteiger partial charge is 0.229 e. The van der Waals surface area contributed by atoms with Crippen molar-refractivity contribution in [1.82, 2.24) is 20.3 Å². The van der Waals surface area contributed by atoms with Gasteiger partial charge in [0.05, 0.1) is 11.9 Å². The van der Waals surface area contributed by atoms with E-state index >= 15 is 0 Å².